The highest BCUT2D eigenvalue weighted by atomic mass is 16.2. The van der Waals surface area contributed by atoms with Crippen LogP contribution in [0.2, 0.25) is 0 Å². The summed E-state index contributed by atoms with van der Waals surface area (Å²) in [6.07, 6.45) is 3.91. The van der Waals surface area contributed by atoms with E-state index in [1.165, 1.54) is 0 Å². The number of pyridine rings is 1. The summed E-state index contributed by atoms with van der Waals surface area (Å²) in [4.78, 5) is 19.7. The van der Waals surface area contributed by atoms with E-state index < -0.39 is 0 Å². The van der Waals surface area contributed by atoms with Gasteiger partial charge in [0.25, 0.3) is 0 Å². The number of anilines is 1. The van der Waals surface area contributed by atoms with Crippen molar-refractivity contribution in [2.75, 3.05) is 37.6 Å². The first-order chi connectivity index (χ1) is 8.31. The van der Waals surface area contributed by atoms with Crippen LogP contribution in [-0.4, -0.2) is 48.5 Å². The Morgan fingerprint density at radius 3 is 2.47 bits per heavy atom. The van der Waals surface area contributed by atoms with E-state index in [4.69, 9.17) is 5.73 Å². The first kappa shape index (κ1) is 11.9. The molecule has 1 fully saturated rings. The van der Waals surface area contributed by atoms with Gasteiger partial charge in [0.15, 0.2) is 0 Å². The lowest BCUT2D eigenvalue weighted by Gasteiger charge is -2.36. The highest BCUT2D eigenvalue weighted by Crippen LogP contribution is 2.14. The molecular formula is C12H17N4O. The molecular weight excluding hydrogens is 216 g/mol. The van der Waals surface area contributed by atoms with Crippen LogP contribution in [0.5, 0.6) is 0 Å². The molecule has 0 bridgehead atoms. The van der Waals surface area contributed by atoms with Crippen molar-refractivity contribution >= 4 is 11.6 Å². The highest BCUT2D eigenvalue weighted by Gasteiger charge is 2.20. The van der Waals surface area contributed by atoms with Crippen LogP contribution in [0.3, 0.4) is 0 Å². The van der Waals surface area contributed by atoms with Gasteiger partial charge >= 0.3 is 0 Å². The van der Waals surface area contributed by atoms with Crippen molar-refractivity contribution in [1.29, 1.82) is 0 Å². The van der Waals surface area contributed by atoms with Crippen LogP contribution in [0, 0.1) is 0 Å². The Balaban J connectivity index is 1.88. The monoisotopic (exact) mass is 233 g/mol. The summed E-state index contributed by atoms with van der Waals surface area (Å²) >= 11 is 0. The van der Waals surface area contributed by atoms with Gasteiger partial charge in [-0.15, -0.1) is 0 Å². The van der Waals surface area contributed by atoms with Crippen molar-refractivity contribution in [3.05, 3.63) is 24.5 Å². The summed E-state index contributed by atoms with van der Waals surface area (Å²) in [6, 6.07) is 3.97. The second kappa shape index (κ2) is 5.63. The second-order valence-corrected chi connectivity index (χ2v) is 4.07. The van der Waals surface area contributed by atoms with E-state index >= 15 is 0 Å². The van der Waals surface area contributed by atoms with Crippen molar-refractivity contribution in [3.63, 3.8) is 0 Å². The van der Waals surface area contributed by atoms with Gasteiger partial charge in [-0.2, -0.15) is 0 Å². The molecule has 0 aromatic carbocycles. The standard InChI is InChI=1S/C12H17N4O/c13-4-1-12(17)16-9-7-15(8-10-16)11-2-5-14-6-3-11/h2-3,5-6,13H,1,4,7-10H2. The van der Waals surface area contributed by atoms with Gasteiger partial charge in [0.1, 0.15) is 0 Å². The number of piperazine rings is 1. The molecule has 1 aromatic heterocycles. The molecule has 91 valence electrons. The lowest BCUT2D eigenvalue weighted by molar-refractivity contribution is -0.131. The van der Waals surface area contributed by atoms with Crippen molar-refractivity contribution < 1.29 is 4.79 Å². The van der Waals surface area contributed by atoms with Crippen molar-refractivity contribution in [1.82, 2.24) is 15.6 Å². The van der Waals surface area contributed by atoms with Gasteiger partial charge in [0.2, 0.25) is 5.91 Å². The maximum atomic E-state index is 11.6. The number of aromatic nitrogens is 1. The average Bonchev–Trinajstić information content (AvgIpc) is 2.40. The predicted molar refractivity (Wildman–Crippen MR) is 65.6 cm³/mol. The summed E-state index contributed by atoms with van der Waals surface area (Å²) in [5.74, 6) is 0.106. The molecule has 1 N–H and O–H groups in total. The smallest absolute Gasteiger partial charge is 0.224 e. The molecule has 1 saturated heterocycles. The minimum Gasteiger partial charge on any atom is -0.368 e. The molecule has 1 aliphatic rings. The zero-order valence-corrected chi connectivity index (χ0v) is 9.80. The van der Waals surface area contributed by atoms with Gasteiger partial charge in [-0.3, -0.25) is 15.5 Å². The van der Waals surface area contributed by atoms with Gasteiger partial charge in [0.05, 0.1) is 0 Å². The van der Waals surface area contributed by atoms with Crippen LogP contribution >= 0.6 is 0 Å². The first-order valence-corrected chi connectivity index (χ1v) is 5.88. The third-order valence-corrected chi connectivity index (χ3v) is 3.00. The Labute approximate surface area is 101 Å². The number of nitrogens with zero attached hydrogens (tertiary/aromatic N) is 3. The fourth-order valence-corrected chi connectivity index (χ4v) is 2.03. The molecule has 17 heavy (non-hydrogen) atoms. The van der Waals surface area contributed by atoms with E-state index in [9.17, 15) is 4.79 Å². The number of hydrogen-bond donors (Lipinski definition) is 0. The van der Waals surface area contributed by atoms with E-state index in [1.807, 2.05) is 17.0 Å². The lowest BCUT2D eigenvalue weighted by Crippen LogP contribution is -2.49. The molecule has 1 aromatic rings. The van der Waals surface area contributed by atoms with Crippen LogP contribution in [0.25, 0.3) is 0 Å². The number of amides is 1. The van der Waals surface area contributed by atoms with Crippen molar-refractivity contribution in [2.24, 2.45) is 0 Å². The van der Waals surface area contributed by atoms with Crippen molar-refractivity contribution in [2.45, 2.75) is 6.42 Å². The van der Waals surface area contributed by atoms with E-state index in [-0.39, 0.29) is 12.5 Å². The number of rotatable bonds is 3. The third kappa shape index (κ3) is 2.94. The van der Waals surface area contributed by atoms with Crippen LogP contribution in [0.1, 0.15) is 6.42 Å². The third-order valence-electron chi connectivity index (χ3n) is 3.00. The normalized spacial score (nSPS) is 16.1. The fraction of sp³-hybridized carbons (Fsp3) is 0.500. The fourth-order valence-electron chi connectivity index (χ4n) is 2.03. The van der Waals surface area contributed by atoms with Gasteiger partial charge in [-0.1, -0.05) is 0 Å². The maximum Gasteiger partial charge on any atom is 0.224 e. The van der Waals surface area contributed by atoms with Gasteiger partial charge in [0, 0.05) is 57.2 Å². The number of carbonyl (C=O) groups is 1. The highest BCUT2D eigenvalue weighted by molar-refractivity contribution is 5.76. The Bertz CT molecular complexity index is 360. The zero-order chi connectivity index (χ0) is 12.1. The van der Waals surface area contributed by atoms with Gasteiger partial charge in [-0.25, -0.2) is 0 Å². The molecule has 2 heterocycles. The van der Waals surface area contributed by atoms with Gasteiger partial charge < -0.3 is 9.80 Å². The SMILES string of the molecule is [NH]CCC(=O)N1CCN(c2ccncc2)CC1. The molecule has 0 unspecified atom stereocenters. The van der Waals surface area contributed by atoms with Crippen LogP contribution in [0.15, 0.2) is 24.5 Å². The summed E-state index contributed by atoms with van der Waals surface area (Å²) in [6.45, 7) is 3.40. The number of nitrogens with one attached hydrogen (secondary N) is 1. The first-order valence-electron chi connectivity index (χ1n) is 5.88. The topological polar surface area (TPSA) is 60.2 Å². The molecule has 1 aliphatic heterocycles. The molecule has 5 nitrogen and oxygen atoms in total. The molecule has 2 rings (SSSR count). The summed E-state index contributed by atoms with van der Waals surface area (Å²) in [5.41, 5.74) is 8.22. The Morgan fingerprint density at radius 2 is 1.88 bits per heavy atom. The molecule has 5 heteroatoms. The summed E-state index contributed by atoms with van der Waals surface area (Å²) < 4.78 is 0. The average molecular weight is 233 g/mol. The summed E-state index contributed by atoms with van der Waals surface area (Å²) in [5, 5.41) is 0. The van der Waals surface area contributed by atoms with Crippen LogP contribution in [0.4, 0.5) is 5.69 Å². The minimum absolute atomic E-state index is 0.106. The van der Waals surface area contributed by atoms with Crippen LogP contribution < -0.4 is 10.6 Å². The molecule has 0 atom stereocenters. The Morgan fingerprint density at radius 1 is 1.24 bits per heavy atom. The maximum absolute atomic E-state index is 11.6. The lowest BCUT2D eigenvalue weighted by atomic mass is 10.2. The zero-order valence-electron chi connectivity index (χ0n) is 9.80. The number of carbonyl (C=O) groups excluding carboxylic acids is 1. The van der Waals surface area contributed by atoms with E-state index in [2.05, 4.69) is 9.88 Å². The molecule has 0 saturated carbocycles. The molecule has 0 spiro atoms. The minimum atomic E-state index is 0.106. The second-order valence-electron chi connectivity index (χ2n) is 4.07. The van der Waals surface area contributed by atoms with Gasteiger partial charge in [-0.05, 0) is 12.1 Å². The molecule has 1 amide bonds. The number of hydrogen-bond acceptors (Lipinski definition) is 3. The predicted octanol–water partition coefficient (Wildman–Crippen LogP) is 0.403. The van der Waals surface area contributed by atoms with E-state index in [0.29, 0.717) is 6.42 Å². The van der Waals surface area contributed by atoms with E-state index in [1.54, 1.807) is 12.4 Å². The van der Waals surface area contributed by atoms with Crippen LogP contribution in [-0.2, 0) is 4.79 Å². The Hall–Kier alpha value is -1.62. The quantitative estimate of drug-likeness (QED) is 0.759. The largest absolute Gasteiger partial charge is 0.368 e. The van der Waals surface area contributed by atoms with E-state index in [0.717, 1.165) is 31.9 Å². The molecule has 1 radical (unpaired) electrons. The molecule has 0 aliphatic carbocycles. The Kier molecular flexibility index (Phi) is 3.93. The summed E-state index contributed by atoms with van der Waals surface area (Å²) in [7, 11) is 0. The van der Waals surface area contributed by atoms with Crippen molar-refractivity contribution in [3.8, 4) is 0 Å².